The second kappa shape index (κ2) is 8.11. The van der Waals surface area contributed by atoms with E-state index in [1.165, 1.54) is 0 Å². The fourth-order valence-electron chi connectivity index (χ4n) is 0.839. The molecule has 0 bridgehead atoms. The Hall–Kier alpha value is 0.0100. The quantitative estimate of drug-likeness (QED) is 0.580. The predicted octanol–water partition coefficient (Wildman–Crippen LogP) is 0.830. The summed E-state index contributed by atoms with van der Waals surface area (Å²) in [5.74, 6) is 1.12. The van der Waals surface area contributed by atoms with Crippen LogP contribution in [0.1, 0.15) is 0 Å². The van der Waals surface area contributed by atoms with E-state index in [1.807, 2.05) is 17.8 Å². The van der Waals surface area contributed by atoms with Crippen LogP contribution in [0, 0.1) is 0 Å². The molecule has 0 saturated carbocycles. The van der Waals surface area contributed by atoms with Crippen LogP contribution in [0.15, 0.2) is 12.7 Å². The van der Waals surface area contributed by atoms with Crippen LogP contribution in [0.2, 0.25) is 0 Å². The standard InChI is InChI=1S/C8H17NOS/c1-3-4-9(5-7-10)6-8-11-2/h3,10H,1,4-8H2,2H3. The van der Waals surface area contributed by atoms with Gasteiger partial charge in [0.25, 0.3) is 0 Å². The normalized spacial score (nSPS) is 10.5. The molecule has 0 aromatic carbocycles. The Bertz CT molecular complexity index is 98.1. The van der Waals surface area contributed by atoms with E-state index in [-0.39, 0.29) is 6.61 Å². The van der Waals surface area contributed by atoms with Gasteiger partial charge in [-0.25, -0.2) is 0 Å². The molecule has 2 nitrogen and oxygen atoms in total. The highest BCUT2D eigenvalue weighted by atomic mass is 32.2. The average Bonchev–Trinajstić information content (AvgIpc) is 2.01. The summed E-state index contributed by atoms with van der Waals surface area (Å²) in [6.07, 6.45) is 3.96. The fraction of sp³-hybridized carbons (Fsp3) is 0.750. The van der Waals surface area contributed by atoms with Gasteiger partial charge in [-0.05, 0) is 6.26 Å². The number of thioether (sulfide) groups is 1. The summed E-state index contributed by atoms with van der Waals surface area (Å²) in [5, 5.41) is 8.68. The Labute approximate surface area is 73.3 Å². The smallest absolute Gasteiger partial charge is 0.0558 e. The molecule has 1 N–H and O–H groups in total. The molecule has 0 heterocycles. The average molecular weight is 175 g/mol. The zero-order chi connectivity index (χ0) is 8.53. The lowest BCUT2D eigenvalue weighted by Crippen LogP contribution is -2.29. The third kappa shape index (κ3) is 6.41. The van der Waals surface area contributed by atoms with E-state index in [0.717, 1.165) is 25.4 Å². The molecule has 0 amide bonds. The van der Waals surface area contributed by atoms with Crippen molar-refractivity contribution >= 4 is 11.8 Å². The SMILES string of the molecule is C=CCN(CCO)CCSC. The molecular formula is C8H17NOS. The Morgan fingerprint density at radius 2 is 2.27 bits per heavy atom. The second-order valence-corrected chi connectivity index (χ2v) is 3.29. The Morgan fingerprint density at radius 1 is 1.55 bits per heavy atom. The van der Waals surface area contributed by atoms with Gasteiger partial charge < -0.3 is 5.11 Å². The third-order valence-electron chi connectivity index (χ3n) is 1.42. The van der Waals surface area contributed by atoms with Crippen molar-refractivity contribution < 1.29 is 5.11 Å². The first-order chi connectivity index (χ1) is 5.35. The van der Waals surface area contributed by atoms with Gasteiger partial charge in [-0.15, -0.1) is 6.58 Å². The summed E-state index contributed by atoms with van der Waals surface area (Å²) in [6, 6.07) is 0. The third-order valence-corrected chi connectivity index (χ3v) is 2.01. The zero-order valence-corrected chi connectivity index (χ0v) is 7.94. The molecule has 0 aromatic heterocycles. The molecule has 3 heteroatoms. The highest BCUT2D eigenvalue weighted by Crippen LogP contribution is 1.95. The van der Waals surface area contributed by atoms with Gasteiger partial charge in [-0.3, -0.25) is 4.90 Å². The van der Waals surface area contributed by atoms with Crippen LogP contribution in [-0.2, 0) is 0 Å². The van der Waals surface area contributed by atoms with E-state index < -0.39 is 0 Å². The number of rotatable bonds is 7. The number of aliphatic hydroxyl groups excluding tert-OH is 1. The van der Waals surface area contributed by atoms with Gasteiger partial charge in [-0.1, -0.05) is 6.08 Å². The van der Waals surface area contributed by atoms with Crippen LogP contribution in [-0.4, -0.2) is 48.3 Å². The van der Waals surface area contributed by atoms with E-state index in [0.29, 0.717) is 0 Å². The van der Waals surface area contributed by atoms with Crippen molar-refractivity contribution in [1.82, 2.24) is 4.90 Å². The highest BCUT2D eigenvalue weighted by molar-refractivity contribution is 7.98. The van der Waals surface area contributed by atoms with Gasteiger partial charge in [0.1, 0.15) is 0 Å². The van der Waals surface area contributed by atoms with Crippen LogP contribution in [0.3, 0.4) is 0 Å². The molecule has 0 spiro atoms. The van der Waals surface area contributed by atoms with Crippen molar-refractivity contribution in [3.8, 4) is 0 Å². The Kier molecular flexibility index (Phi) is 8.12. The highest BCUT2D eigenvalue weighted by Gasteiger charge is 1.99. The number of aliphatic hydroxyl groups is 1. The molecule has 0 aliphatic heterocycles. The van der Waals surface area contributed by atoms with Crippen molar-refractivity contribution in [3.63, 3.8) is 0 Å². The van der Waals surface area contributed by atoms with Crippen LogP contribution in [0.25, 0.3) is 0 Å². The first-order valence-electron chi connectivity index (χ1n) is 3.78. The minimum absolute atomic E-state index is 0.238. The fourth-order valence-corrected chi connectivity index (χ4v) is 1.28. The lowest BCUT2D eigenvalue weighted by molar-refractivity contribution is 0.215. The maximum atomic E-state index is 8.68. The molecule has 0 saturated heterocycles. The maximum Gasteiger partial charge on any atom is 0.0558 e. The van der Waals surface area contributed by atoms with E-state index in [1.54, 1.807) is 0 Å². The number of hydrogen-bond donors (Lipinski definition) is 1. The second-order valence-electron chi connectivity index (χ2n) is 2.31. The molecule has 0 atom stereocenters. The van der Waals surface area contributed by atoms with Crippen molar-refractivity contribution in [1.29, 1.82) is 0 Å². The van der Waals surface area contributed by atoms with Gasteiger partial charge in [0.05, 0.1) is 6.61 Å². The molecule has 11 heavy (non-hydrogen) atoms. The summed E-state index contributed by atoms with van der Waals surface area (Å²) in [7, 11) is 0. The predicted molar refractivity (Wildman–Crippen MR) is 52.1 cm³/mol. The van der Waals surface area contributed by atoms with Crippen LogP contribution in [0.5, 0.6) is 0 Å². The van der Waals surface area contributed by atoms with Gasteiger partial charge in [0, 0.05) is 25.4 Å². The molecule has 66 valence electrons. The number of hydrogen-bond acceptors (Lipinski definition) is 3. The first kappa shape index (κ1) is 11.0. The monoisotopic (exact) mass is 175 g/mol. The topological polar surface area (TPSA) is 23.5 Å². The molecule has 0 fully saturated rings. The number of nitrogens with zero attached hydrogens (tertiary/aromatic N) is 1. The molecule has 0 aliphatic rings. The van der Waals surface area contributed by atoms with Crippen molar-refractivity contribution in [2.24, 2.45) is 0 Å². The van der Waals surface area contributed by atoms with E-state index in [4.69, 9.17) is 5.11 Å². The van der Waals surface area contributed by atoms with E-state index >= 15 is 0 Å². The first-order valence-corrected chi connectivity index (χ1v) is 5.17. The Balaban J connectivity index is 3.41. The summed E-state index contributed by atoms with van der Waals surface area (Å²) < 4.78 is 0. The van der Waals surface area contributed by atoms with Crippen LogP contribution < -0.4 is 0 Å². The summed E-state index contributed by atoms with van der Waals surface area (Å²) in [5.41, 5.74) is 0. The molecule has 0 unspecified atom stereocenters. The van der Waals surface area contributed by atoms with Crippen LogP contribution >= 0.6 is 11.8 Å². The zero-order valence-electron chi connectivity index (χ0n) is 7.12. The van der Waals surface area contributed by atoms with Gasteiger partial charge in [0.2, 0.25) is 0 Å². The van der Waals surface area contributed by atoms with Crippen LogP contribution in [0.4, 0.5) is 0 Å². The van der Waals surface area contributed by atoms with Gasteiger partial charge >= 0.3 is 0 Å². The minimum atomic E-state index is 0.238. The Morgan fingerprint density at radius 3 is 2.73 bits per heavy atom. The van der Waals surface area contributed by atoms with Crippen molar-refractivity contribution in [2.45, 2.75) is 0 Å². The molecule has 0 radical (unpaired) electrons. The summed E-state index contributed by atoms with van der Waals surface area (Å²) in [6.45, 7) is 6.57. The van der Waals surface area contributed by atoms with Crippen molar-refractivity contribution in [3.05, 3.63) is 12.7 Å². The molecule has 0 aliphatic carbocycles. The molecular weight excluding hydrogens is 158 g/mol. The van der Waals surface area contributed by atoms with Gasteiger partial charge in [0.15, 0.2) is 0 Å². The van der Waals surface area contributed by atoms with Crippen molar-refractivity contribution in [2.75, 3.05) is 38.2 Å². The lowest BCUT2D eigenvalue weighted by Gasteiger charge is -2.18. The molecule has 0 rings (SSSR count). The molecule has 0 aromatic rings. The lowest BCUT2D eigenvalue weighted by atomic mass is 10.4. The van der Waals surface area contributed by atoms with Gasteiger partial charge in [-0.2, -0.15) is 11.8 Å². The summed E-state index contributed by atoms with van der Waals surface area (Å²) >= 11 is 1.82. The maximum absolute atomic E-state index is 8.68. The summed E-state index contributed by atoms with van der Waals surface area (Å²) in [4.78, 5) is 2.18. The van der Waals surface area contributed by atoms with E-state index in [2.05, 4.69) is 17.7 Å². The minimum Gasteiger partial charge on any atom is -0.395 e. The van der Waals surface area contributed by atoms with E-state index in [9.17, 15) is 0 Å². The largest absolute Gasteiger partial charge is 0.395 e.